The lowest BCUT2D eigenvalue weighted by atomic mass is 9.83. The van der Waals surface area contributed by atoms with Crippen LogP contribution in [0.15, 0.2) is 17.8 Å². The van der Waals surface area contributed by atoms with E-state index in [1.807, 2.05) is 20.8 Å². The van der Waals surface area contributed by atoms with Crippen LogP contribution in [0.4, 0.5) is 4.79 Å². The zero-order chi connectivity index (χ0) is 17.8. The second-order valence-electron chi connectivity index (χ2n) is 6.83. The van der Waals surface area contributed by atoms with Crippen LogP contribution in [0.1, 0.15) is 34.6 Å². The van der Waals surface area contributed by atoms with E-state index in [1.54, 1.807) is 13.8 Å². The van der Waals surface area contributed by atoms with E-state index in [9.17, 15) is 9.59 Å². The molecule has 1 saturated heterocycles. The van der Waals surface area contributed by atoms with Gasteiger partial charge in [-0.1, -0.05) is 52.4 Å². The molecule has 0 aromatic carbocycles. The van der Waals surface area contributed by atoms with Gasteiger partial charge < -0.3 is 9.47 Å². The third kappa shape index (κ3) is 3.42. The number of rotatable bonds is 5. The van der Waals surface area contributed by atoms with Gasteiger partial charge in [0.15, 0.2) is 11.8 Å². The Morgan fingerprint density at radius 2 is 2.22 bits per heavy atom. The zero-order valence-corrected chi connectivity index (χ0v) is 14.3. The summed E-state index contributed by atoms with van der Waals surface area (Å²) in [6.07, 6.45) is -0.0751. The number of cyclic esters (lactones) is 1. The van der Waals surface area contributed by atoms with E-state index in [4.69, 9.17) is 15.0 Å². The Labute approximate surface area is 136 Å². The largest absolute Gasteiger partial charge is 0.445 e. The minimum atomic E-state index is -1.39. The van der Waals surface area contributed by atoms with Crippen molar-refractivity contribution < 1.29 is 19.1 Å². The van der Waals surface area contributed by atoms with Gasteiger partial charge in [-0.25, -0.2) is 9.59 Å². The van der Waals surface area contributed by atoms with Crippen LogP contribution in [0.3, 0.4) is 0 Å². The van der Waals surface area contributed by atoms with Crippen molar-refractivity contribution in [2.75, 3.05) is 13.2 Å². The topological polar surface area (TPSA) is 105 Å². The number of nitrogens with zero attached hydrogens (tertiary/aromatic N) is 4. The standard InChI is InChI=1S/C15H24N4O4/c1-7-8-22-13(21)19-11(14(4,5)6)23-12(20)15(19,10(2)3)9-17-18-16/h7,10-11H,1,8-9H2,2-6H3/t11-,15-/m1/s1. The van der Waals surface area contributed by atoms with Crippen LogP contribution in [0.5, 0.6) is 0 Å². The van der Waals surface area contributed by atoms with E-state index >= 15 is 0 Å². The van der Waals surface area contributed by atoms with Crippen molar-refractivity contribution in [1.82, 2.24) is 4.90 Å². The van der Waals surface area contributed by atoms with Gasteiger partial charge in [-0.15, -0.1) is 0 Å². The summed E-state index contributed by atoms with van der Waals surface area (Å²) in [5, 5.41) is 3.54. The maximum Gasteiger partial charge on any atom is 0.413 e. The molecule has 0 aliphatic carbocycles. The van der Waals surface area contributed by atoms with Gasteiger partial charge in [0.1, 0.15) is 6.61 Å². The van der Waals surface area contributed by atoms with Gasteiger partial charge in [-0.05, 0) is 11.4 Å². The third-order valence-electron chi connectivity index (χ3n) is 3.83. The van der Waals surface area contributed by atoms with Crippen LogP contribution in [-0.2, 0) is 14.3 Å². The molecular formula is C15H24N4O4. The van der Waals surface area contributed by atoms with E-state index < -0.39 is 29.2 Å². The number of azide groups is 1. The molecule has 0 unspecified atom stereocenters. The third-order valence-corrected chi connectivity index (χ3v) is 3.83. The molecule has 2 atom stereocenters. The molecule has 0 radical (unpaired) electrons. The summed E-state index contributed by atoms with van der Waals surface area (Å²) in [6, 6.07) is 0. The molecule has 0 N–H and O–H groups in total. The number of ether oxygens (including phenoxy) is 2. The van der Waals surface area contributed by atoms with Crippen molar-refractivity contribution in [3.8, 4) is 0 Å². The Balaban J connectivity index is 3.42. The lowest BCUT2D eigenvalue weighted by Gasteiger charge is -2.40. The van der Waals surface area contributed by atoms with Gasteiger partial charge in [0.2, 0.25) is 0 Å². The Hall–Kier alpha value is -2.21. The number of carbonyl (C=O) groups is 2. The molecule has 1 aliphatic heterocycles. The number of carbonyl (C=O) groups excluding carboxylic acids is 2. The normalized spacial score (nSPS) is 24.2. The zero-order valence-electron chi connectivity index (χ0n) is 14.3. The predicted molar refractivity (Wildman–Crippen MR) is 84.3 cm³/mol. The van der Waals surface area contributed by atoms with Gasteiger partial charge in [-0.2, -0.15) is 0 Å². The molecular weight excluding hydrogens is 300 g/mol. The summed E-state index contributed by atoms with van der Waals surface area (Å²) in [5.41, 5.74) is 6.74. The summed E-state index contributed by atoms with van der Waals surface area (Å²) < 4.78 is 10.6. The van der Waals surface area contributed by atoms with Crippen molar-refractivity contribution in [1.29, 1.82) is 0 Å². The van der Waals surface area contributed by atoms with Gasteiger partial charge in [-0.3, -0.25) is 4.90 Å². The predicted octanol–water partition coefficient (Wildman–Crippen LogP) is 3.25. The van der Waals surface area contributed by atoms with Gasteiger partial charge in [0.05, 0.1) is 6.54 Å². The highest BCUT2D eigenvalue weighted by molar-refractivity contribution is 5.89. The Morgan fingerprint density at radius 3 is 2.65 bits per heavy atom. The van der Waals surface area contributed by atoms with Crippen LogP contribution in [0, 0.1) is 11.3 Å². The Kier molecular flexibility index (Phi) is 5.66. The molecule has 1 rings (SSSR count). The van der Waals surface area contributed by atoms with Crippen LogP contribution >= 0.6 is 0 Å². The summed E-state index contributed by atoms with van der Waals surface area (Å²) in [7, 11) is 0. The van der Waals surface area contributed by atoms with E-state index in [0.717, 1.165) is 0 Å². The lowest BCUT2D eigenvalue weighted by molar-refractivity contribution is -0.149. The highest BCUT2D eigenvalue weighted by Gasteiger charge is 2.62. The molecule has 1 heterocycles. The van der Waals surface area contributed by atoms with Gasteiger partial charge in [0, 0.05) is 10.3 Å². The first-order chi connectivity index (χ1) is 10.6. The number of esters is 1. The maximum atomic E-state index is 12.6. The van der Waals surface area contributed by atoms with Crippen molar-refractivity contribution in [2.24, 2.45) is 16.4 Å². The summed E-state index contributed by atoms with van der Waals surface area (Å²) in [6.45, 7) is 12.4. The van der Waals surface area contributed by atoms with Crippen LogP contribution in [0.25, 0.3) is 10.4 Å². The minimum Gasteiger partial charge on any atom is -0.445 e. The lowest BCUT2D eigenvalue weighted by Crippen LogP contribution is -2.60. The first-order valence-corrected chi connectivity index (χ1v) is 7.41. The first-order valence-electron chi connectivity index (χ1n) is 7.41. The highest BCUT2D eigenvalue weighted by atomic mass is 16.6. The van der Waals surface area contributed by atoms with Crippen molar-refractivity contribution in [3.63, 3.8) is 0 Å². The molecule has 1 fully saturated rings. The average molecular weight is 324 g/mol. The molecule has 0 bridgehead atoms. The maximum absolute atomic E-state index is 12.6. The van der Waals surface area contributed by atoms with Crippen molar-refractivity contribution >= 4 is 12.1 Å². The van der Waals surface area contributed by atoms with E-state index in [1.165, 1.54) is 11.0 Å². The van der Waals surface area contributed by atoms with Crippen LogP contribution in [0.2, 0.25) is 0 Å². The van der Waals surface area contributed by atoms with Gasteiger partial charge >= 0.3 is 12.1 Å². The molecule has 8 nitrogen and oxygen atoms in total. The van der Waals surface area contributed by atoms with E-state index in [2.05, 4.69) is 16.6 Å². The van der Waals surface area contributed by atoms with Crippen LogP contribution < -0.4 is 0 Å². The van der Waals surface area contributed by atoms with Crippen LogP contribution in [-0.4, -0.2) is 41.9 Å². The Morgan fingerprint density at radius 1 is 1.61 bits per heavy atom. The molecule has 0 aromatic rings. The molecule has 1 amide bonds. The smallest absolute Gasteiger partial charge is 0.413 e. The highest BCUT2D eigenvalue weighted by Crippen LogP contribution is 2.42. The molecule has 0 saturated carbocycles. The van der Waals surface area contributed by atoms with E-state index in [-0.39, 0.29) is 19.1 Å². The fraction of sp³-hybridized carbons (Fsp3) is 0.733. The summed E-state index contributed by atoms with van der Waals surface area (Å²) in [4.78, 5) is 29.2. The number of hydrogen-bond acceptors (Lipinski definition) is 5. The molecule has 0 spiro atoms. The average Bonchev–Trinajstić information content (AvgIpc) is 2.76. The van der Waals surface area contributed by atoms with Crippen molar-refractivity contribution in [3.05, 3.63) is 23.1 Å². The van der Waals surface area contributed by atoms with Crippen molar-refractivity contribution in [2.45, 2.75) is 46.4 Å². The minimum absolute atomic E-state index is 0.01000. The molecule has 128 valence electrons. The Bertz CT molecular complexity index is 534. The quantitative estimate of drug-likeness (QED) is 0.254. The second kappa shape index (κ2) is 6.91. The molecule has 0 aromatic heterocycles. The molecule has 8 heteroatoms. The summed E-state index contributed by atoms with van der Waals surface area (Å²) in [5.74, 6) is -0.917. The molecule has 1 aliphatic rings. The summed E-state index contributed by atoms with van der Waals surface area (Å²) >= 11 is 0. The van der Waals surface area contributed by atoms with Gasteiger partial charge in [0.25, 0.3) is 0 Å². The molecule has 23 heavy (non-hydrogen) atoms. The fourth-order valence-electron chi connectivity index (χ4n) is 2.56. The number of hydrogen-bond donors (Lipinski definition) is 0. The first kappa shape index (κ1) is 18.8. The fourth-order valence-corrected chi connectivity index (χ4v) is 2.56. The second-order valence-corrected chi connectivity index (χ2v) is 6.83. The van der Waals surface area contributed by atoms with E-state index in [0.29, 0.717) is 0 Å². The SMILES string of the molecule is C=CCOC(=O)N1[C@@H](C(C)(C)C)OC(=O)[C@@]1(CN=[N+]=[N-])C(C)C. The number of amides is 1. The monoisotopic (exact) mass is 324 g/mol.